The van der Waals surface area contributed by atoms with Gasteiger partial charge >= 0.3 is 25.8 Å². The Morgan fingerprint density at radius 1 is 0.804 bits per heavy atom. The number of carbonyl (C=O) groups is 6. The van der Waals surface area contributed by atoms with Crippen molar-refractivity contribution in [1.82, 2.24) is 24.9 Å². The summed E-state index contributed by atoms with van der Waals surface area (Å²) >= 11 is 0. The number of ketones is 1. The molecule has 51 heavy (non-hydrogen) atoms. The normalized spacial score (nSPS) is 16.5. The molecule has 1 fully saturated rings. The maximum Gasteiger partial charge on any atom is 3.00 e. The Kier molecular flexibility index (Phi) is 20.8. The molecule has 0 saturated carbocycles. The van der Waals surface area contributed by atoms with E-state index < -0.39 is 36.4 Å². The van der Waals surface area contributed by atoms with Crippen LogP contribution in [0.3, 0.4) is 0 Å². The van der Waals surface area contributed by atoms with Crippen LogP contribution in [0.1, 0.15) is 47.2 Å². The van der Waals surface area contributed by atoms with E-state index in [2.05, 4.69) is 5.32 Å². The fourth-order valence-corrected chi connectivity index (χ4v) is 5.81. The van der Waals surface area contributed by atoms with Gasteiger partial charge < -0.3 is 40.5 Å². The molecule has 0 aliphatic carbocycles. The third-order valence-electron chi connectivity index (χ3n) is 8.67. The van der Waals surface area contributed by atoms with Gasteiger partial charge in [0.2, 0.25) is 5.91 Å². The van der Waals surface area contributed by atoms with Crippen LogP contribution in [-0.4, -0.2) is 170 Å². The molecule has 1 heterocycles. The van der Waals surface area contributed by atoms with Crippen LogP contribution in [0.25, 0.3) is 0 Å². The fraction of sp³-hybridized carbons (Fsp3) is 0.486. The number of nitrogens with zero attached hydrogens (tertiary/aromatic N) is 4. The Bertz CT molecular complexity index is 1430. The van der Waals surface area contributed by atoms with E-state index in [1.165, 1.54) is 0 Å². The molecule has 1 aliphatic heterocycles. The molecule has 0 aromatic heterocycles. The molecule has 15 nitrogen and oxygen atoms in total. The summed E-state index contributed by atoms with van der Waals surface area (Å²) in [4.78, 5) is 79.3. The minimum atomic E-state index is -1.31. The summed E-state index contributed by atoms with van der Waals surface area (Å²) in [6, 6.07) is 14.8. The molecule has 274 valence electrons. The van der Waals surface area contributed by atoms with Crippen molar-refractivity contribution in [3.05, 3.63) is 71.3 Å². The minimum Gasteiger partial charge on any atom is -0.870 e. The topological polar surface area (TPSA) is 224 Å². The molecule has 1 saturated heterocycles. The Labute approximate surface area is 310 Å². The number of nitrogens with one attached hydrogen (secondary N) is 1. The van der Waals surface area contributed by atoms with Gasteiger partial charge in [-0.05, 0) is 31.4 Å². The summed E-state index contributed by atoms with van der Waals surface area (Å²) in [5.74, 6) is -4.62. The van der Waals surface area contributed by atoms with Crippen molar-refractivity contribution in [2.75, 3.05) is 78.5 Å². The van der Waals surface area contributed by atoms with Crippen molar-refractivity contribution in [2.45, 2.75) is 31.7 Å². The predicted molar refractivity (Wildman–Crippen MR) is 183 cm³/mol. The van der Waals surface area contributed by atoms with E-state index >= 15 is 0 Å². The molecule has 2 atom stereocenters. The van der Waals surface area contributed by atoms with Gasteiger partial charge in [0.1, 0.15) is 12.3 Å². The molecule has 0 radical (unpaired) electrons. The molecule has 0 bridgehead atoms. The zero-order valence-corrected chi connectivity index (χ0v) is 31.3. The molecule has 3 rings (SSSR count). The van der Waals surface area contributed by atoms with E-state index in [9.17, 15) is 44.1 Å². The monoisotopic (exact) mass is 765 g/mol. The maximum atomic E-state index is 13.0. The van der Waals surface area contributed by atoms with Crippen LogP contribution in [0.4, 0.5) is 0 Å². The van der Waals surface area contributed by atoms with Crippen molar-refractivity contribution in [1.29, 1.82) is 0 Å². The molecular weight excluding hydrogens is 720 g/mol. The molecule has 0 spiro atoms. The molecule has 1 amide bonds. The third-order valence-corrected chi connectivity index (χ3v) is 8.67. The summed E-state index contributed by atoms with van der Waals surface area (Å²) < 4.78 is 0. The van der Waals surface area contributed by atoms with Crippen molar-refractivity contribution >= 4 is 55.7 Å². The zero-order valence-electron chi connectivity index (χ0n) is 28.9. The van der Waals surface area contributed by atoms with Gasteiger partial charge in [0, 0.05) is 83.1 Å². The van der Waals surface area contributed by atoms with E-state index in [0.717, 1.165) is 6.29 Å². The molecule has 3 N–H and O–H groups in total. The largest absolute Gasteiger partial charge is 3.00 e. The first kappa shape index (κ1) is 45.1. The van der Waals surface area contributed by atoms with Crippen LogP contribution < -0.4 is 15.5 Å². The number of carboxylic acids is 3. The molecule has 1 aliphatic rings. The number of benzene rings is 2. The van der Waals surface area contributed by atoms with Crippen LogP contribution >= 0.6 is 0 Å². The van der Waals surface area contributed by atoms with E-state index in [0.29, 0.717) is 36.2 Å². The van der Waals surface area contributed by atoms with Gasteiger partial charge in [0.05, 0.1) is 24.4 Å². The van der Waals surface area contributed by atoms with Crippen LogP contribution in [0.15, 0.2) is 54.6 Å². The average molecular weight is 767 g/mol. The van der Waals surface area contributed by atoms with Crippen molar-refractivity contribution in [3.63, 3.8) is 0 Å². The van der Waals surface area contributed by atoms with E-state index in [1.807, 2.05) is 11.0 Å². The van der Waals surface area contributed by atoms with Gasteiger partial charge in [-0.1, -0.05) is 48.5 Å². The van der Waals surface area contributed by atoms with E-state index in [-0.39, 0.29) is 102 Å². The molecule has 2 unspecified atom stereocenters. The second-order valence-corrected chi connectivity index (χ2v) is 12.1. The minimum absolute atomic E-state index is 0. The maximum absolute atomic E-state index is 13.0. The Morgan fingerprint density at radius 3 is 1.88 bits per heavy atom. The first-order valence-electron chi connectivity index (χ1n) is 16.4. The average Bonchev–Trinajstić information content (AvgIpc) is 3.07. The Balaban J connectivity index is 0.00000650. The summed E-state index contributed by atoms with van der Waals surface area (Å²) in [6.45, 7) is 3.28. The molecular formula is C35H46GaN5O10. The number of aliphatic carboxylic acids is 3. The third kappa shape index (κ3) is 15.5. The smallest absolute Gasteiger partial charge is 0.870 e. The standard InChI is InChI=1S/C35H47N5O9.Ga.H2O/c1-26(28-9-5-10-29(23-28)33(46)27-7-3-2-4-8-27)34(47)36-12-6-11-30(35(48)49)40-19-17-37(21-22-41)13-14-38(24-31(42)43)15-16-39(18-20-40)25-32(44)45;;/h2-5,7-10,22-23,26,30H,6,11-21,24-25H2,1H3,(H,36,47)(H,42,43)(H,44,45)(H,48,49);;1H2/q;+3;/p-3. The van der Waals surface area contributed by atoms with Crippen LogP contribution in [-0.2, 0) is 24.0 Å². The van der Waals surface area contributed by atoms with Gasteiger partial charge in [-0.15, -0.1) is 0 Å². The number of carboxylic acid groups (broad SMARTS) is 3. The number of hydrogen-bond acceptors (Lipinski definition) is 13. The fourth-order valence-electron chi connectivity index (χ4n) is 5.81. The number of hydrogen-bond donors (Lipinski definition) is 2. The Hall–Kier alpha value is -3.90. The molecule has 16 heteroatoms. The van der Waals surface area contributed by atoms with Crippen LogP contribution in [0.5, 0.6) is 0 Å². The van der Waals surface area contributed by atoms with Crippen molar-refractivity contribution in [2.24, 2.45) is 0 Å². The number of rotatable bonds is 16. The van der Waals surface area contributed by atoms with E-state index in [1.54, 1.807) is 70.2 Å². The number of aldehydes is 1. The van der Waals surface area contributed by atoms with Gasteiger partial charge in [-0.25, -0.2) is 0 Å². The van der Waals surface area contributed by atoms with Gasteiger partial charge in [0.25, 0.3) is 0 Å². The quantitative estimate of drug-likeness (QED) is 0.0797. The van der Waals surface area contributed by atoms with Gasteiger partial charge in [-0.2, -0.15) is 0 Å². The van der Waals surface area contributed by atoms with Crippen molar-refractivity contribution in [3.8, 4) is 0 Å². The molecule has 2 aromatic rings. The van der Waals surface area contributed by atoms with Gasteiger partial charge in [-0.3, -0.25) is 34.0 Å². The van der Waals surface area contributed by atoms with E-state index in [4.69, 9.17) is 0 Å². The van der Waals surface area contributed by atoms with Crippen LogP contribution in [0.2, 0.25) is 0 Å². The number of amides is 1. The predicted octanol–water partition coefficient (Wildman–Crippen LogP) is -2.27. The van der Waals surface area contributed by atoms with Gasteiger partial charge in [0.15, 0.2) is 5.78 Å². The summed E-state index contributed by atoms with van der Waals surface area (Å²) in [7, 11) is 0. The summed E-state index contributed by atoms with van der Waals surface area (Å²) in [6.07, 6.45) is 1.27. The second-order valence-electron chi connectivity index (χ2n) is 12.1. The van der Waals surface area contributed by atoms with Crippen molar-refractivity contribution < 1.29 is 49.6 Å². The first-order valence-corrected chi connectivity index (χ1v) is 16.4. The summed E-state index contributed by atoms with van der Waals surface area (Å²) in [5, 5.41) is 35.8. The number of carbonyl (C=O) groups excluding carboxylic acids is 5. The second kappa shape index (κ2) is 23.5. The molecule has 2 aromatic carbocycles. The summed E-state index contributed by atoms with van der Waals surface area (Å²) in [5.41, 5.74) is 1.69. The Morgan fingerprint density at radius 2 is 1.33 bits per heavy atom. The SMILES string of the molecule is CC(C(=O)NCCCC(C(=O)O)N1CCN(CC=O)CCN(CC(=O)[O-])CCN(CC(=O)[O-])CC1)c1cccc(C(=O)c2ccccc2)c1.[Ga+3].[OH-]. The zero-order chi connectivity index (χ0) is 35.8. The first-order chi connectivity index (χ1) is 23.5. The van der Waals surface area contributed by atoms with Crippen LogP contribution in [0, 0.1) is 0 Å².